The minimum Gasteiger partial charge on any atom is -0.354 e. The SMILES string of the molecule is CCCNc1nc(Cl)nc(NC(C)c2ccccc2C)n1. The Bertz CT molecular complexity index is 602. The molecule has 0 aliphatic heterocycles. The second-order valence-corrected chi connectivity index (χ2v) is 5.24. The van der Waals surface area contributed by atoms with Gasteiger partial charge in [0.1, 0.15) is 0 Å². The molecule has 5 nitrogen and oxygen atoms in total. The Kier molecular flexibility index (Phi) is 5.33. The molecule has 0 saturated heterocycles. The fourth-order valence-corrected chi connectivity index (χ4v) is 2.23. The first-order valence-corrected chi connectivity index (χ1v) is 7.45. The molecule has 0 saturated carbocycles. The molecule has 1 aromatic heterocycles. The highest BCUT2D eigenvalue weighted by atomic mass is 35.5. The van der Waals surface area contributed by atoms with Crippen LogP contribution in [0.15, 0.2) is 24.3 Å². The summed E-state index contributed by atoms with van der Waals surface area (Å²) in [6, 6.07) is 8.31. The molecule has 21 heavy (non-hydrogen) atoms. The maximum atomic E-state index is 5.95. The predicted molar refractivity (Wildman–Crippen MR) is 86.8 cm³/mol. The van der Waals surface area contributed by atoms with E-state index in [9.17, 15) is 0 Å². The van der Waals surface area contributed by atoms with Gasteiger partial charge in [0, 0.05) is 6.54 Å². The average Bonchev–Trinajstić information content (AvgIpc) is 2.45. The number of aromatic nitrogens is 3. The molecule has 0 aliphatic rings. The summed E-state index contributed by atoms with van der Waals surface area (Å²) in [6.07, 6.45) is 0.992. The van der Waals surface area contributed by atoms with Crippen molar-refractivity contribution in [2.75, 3.05) is 17.2 Å². The van der Waals surface area contributed by atoms with Crippen LogP contribution in [0.25, 0.3) is 0 Å². The predicted octanol–water partition coefficient (Wildman–Crippen LogP) is 3.83. The van der Waals surface area contributed by atoms with Crippen molar-refractivity contribution < 1.29 is 0 Å². The molecule has 1 unspecified atom stereocenters. The summed E-state index contributed by atoms with van der Waals surface area (Å²) in [7, 11) is 0. The molecule has 0 aliphatic carbocycles. The van der Waals surface area contributed by atoms with Crippen LogP contribution in [0.1, 0.15) is 37.4 Å². The van der Waals surface area contributed by atoms with Gasteiger partial charge in [0.25, 0.3) is 0 Å². The van der Waals surface area contributed by atoms with Gasteiger partial charge in [-0.3, -0.25) is 0 Å². The minimum absolute atomic E-state index is 0.0868. The quantitative estimate of drug-likeness (QED) is 0.849. The van der Waals surface area contributed by atoms with Gasteiger partial charge in [0.05, 0.1) is 6.04 Å². The summed E-state index contributed by atoms with van der Waals surface area (Å²) >= 11 is 5.95. The number of aryl methyl sites for hydroxylation is 1. The number of anilines is 2. The van der Waals surface area contributed by atoms with Crippen molar-refractivity contribution in [3.63, 3.8) is 0 Å². The third-order valence-corrected chi connectivity index (χ3v) is 3.31. The van der Waals surface area contributed by atoms with E-state index in [1.54, 1.807) is 0 Å². The van der Waals surface area contributed by atoms with Crippen LogP contribution in [0.4, 0.5) is 11.9 Å². The van der Waals surface area contributed by atoms with Gasteiger partial charge in [0.2, 0.25) is 17.2 Å². The third kappa shape index (κ3) is 4.29. The van der Waals surface area contributed by atoms with E-state index < -0.39 is 0 Å². The largest absolute Gasteiger partial charge is 0.354 e. The first-order valence-electron chi connectivity index (χ1n) is 7.07. The fraction of sp³-hybridized carbons (Fsp3) is 0.400. The summed E-state index contributed by atoms with van der Waals surface area (Å²) in [4.78, 5) is 12.5. The standard InChI is InChI=1S/C15H20ClN5/c1-4-9-17-14-19-13(16)20-15(21-14)18-11(3)12-8-6-5-7-10(12)2/h5-8,11H,4,9H2,1-3H3,(H2,17,18,19,20,21). The van der Waals surface area contributed by atoms with Gasteiger partial charge in [-0.25, -0.2) is 0 Å². The fourth-order valence-electron chi connectivity index (χ4n) is 2.07. The minimum atomic E-state index is 0.0868. The molecule has 2 rings (SSSR count). The number of rotatable bonds is 6. The van der Waals surface area contributed by atoms with Crippen LogP contribution in [-0.2, 0) is 0 Å². The molecule has 2 aromatic rings. The summed E-state index contributed by atoms with van der Waals surface area (Å²) in [5.41, 5.74) is 2.43. The molecule has 1 atom stereocenters. The van der Waals surface area contributed by atoms with Gasteiger partial charge >= 0.3 is 0 Å². The van der Waals surface area contributed by atoms with E-state index in [0.29, 0.717) is 11.9 Å². The van der Waals surface area contributed by atoms with Gasteiger partial charge in [-0.05, 0) is 43.0 Å². The summed E-state index contributed by atoms with van der Waals surface area (Å²) < 4.78 is 0. The smallest absolute Gasteiger partial charge is 0.229 e. The molecule has 0 radical (unpaired) electrons. The Hall–Kier alpha value is -1.88. The van der Waals surface area contributed by atoms with Crippen LogP contribution < -0.4 is 10.6 Å². The van der Waals surface area contributed by atoms with E-state index in [2.05, 4.69) is 58.5 Å². The first kappa shape index (κ1) is 15.5. The summed E-state index contributed by atoms with van der Waals surface area (Å²) in [5, 5.41) is 6.57. The lowest BCUT2D eigenvalue weighted by Crippen LogP contribution is -2.13. The van der Waals surface area contributed by atoms with Crippen molar-refractivity contribution in [2.24, 2.45) is 0 Å². The van der Waals surface area contributed by atoms with E-state index in [4.69, 9.17) is 11.6 Å². The molecule has 1 heterocycles. The van der Waals surface area contributed by atoms with Crippen LogP contribution in [-0.4, -0.2) is 21.5 Å². The number of nitrogens with one attached hydrogen (secondary N) is 2. The van der Waals surface area contributed by atoms with Crippen molar-refractivity contribution in [3.05, 3.63) is 40.7 Å². The highest BCUT2D eigenvalue weighted by molar-refractivity contribution is 6.28. The molecule has 6 heteroatoms. The lowest BCUT2D eigenvalue weighted by atomic mass is 10.0. The van der Waals surface area contributed by atoms with E-state index in [1.807, 2.05) is 12.1 Å². The van der Waals surface area contributed by atoms with E-state index in [-0.39, 0.29) is 11.3 Å². The molecule has 0 spiro atoms. The van der Waals surface area contributed by atoms with Crippen LogP contribution in [0.5, 0.6) is 0 Å². The van der Waals surface area contributed by atoms with Crippen molar-refractivity contribution in [2.45, 2.75) is 33.2 Å². The summed E-state index contributed by atoms with van der Waals surface area (Å²) in [6.45, 7) is 7.03. The highest BCUT2D eigenvalue weighted by Gasteiger charge is 2.11. The van der Waals surface area contributed by atoms with Gasteiger partial charge < -0.3 is 10.6 Å². The monoisotopic (exact) mass is 305 g/mol. The van der Waals surface area contributed by atoms with Gasteiger partial charge in [-0.1, -0.05) is 31.2 Å². The molecule has 112 valence electrons. The van der Waals surface area contributed by atoms with Crippen molar-refractivity contribution in [3.8, 4) is 0 Å². The zero-order chi connectivity index (χ0) is 15.2. The van der Waals surface area contributed by atoms with Crippen LogP contribution in [0.3, 0.4) is 0 Å². The number of halogens is 1. The van der Waals surface area contributed by atoms with E-state index in [0.717, 1.165) is 13.0 Å². The molecule has 1 aromatic carbocycles. The zero-order valence-electron chi connectivity index (χ0n) is 12.5. The normalized spacial score (nSPS) is 12.0. The Morgan fingerprint density at radius 2 is 1.86 bits per heavy atom. The van der Waals surface area contributed by atoms with Crippen molar-refractivity contribution >= 4 is 23.5 Å². The molecule has 2 N–H and O–H groups in total. The third-order valence-electron chi connectivity index (χ3n) is 3.14. The molecule has 0 amide bonds. The second kappa shape index (κ2) is 7.22. The second-order valence-electron chi connectivity index (χ2n) is 4.90. The Morgan fingerprint density at radius 1 is 1.14 bits per heavy atom. The molecular weight excluding hydrogens is 286 g/mol. The Balaban J connectivity index is 2.15. The van der Waals surface area contributed by atoms with E-state index in [1.165, 1.54) is 11.1 Å². The highest BCUT2D eigenvalue weighted by Crippen LogP contribution is 2.21. The topological polar surface area (TPSA) is 62.7 Å². The van der Waals surface area contributed by atoms with Crippen LogP contribution in [0.2, 0.25) is 5.28 Å². The lowest BCUT2D eigenvalue weighted by molar-refractivity contribution is 0.843. The van der Waals surface area contributed by atoms with Gasteiger partial charge in [-0.15, -0.1) is 0 Å². The molecule has 0 bridgehead atoms. The average molecular weight is 306 g/mol. The lowest BCUT2D eigenvalue weighted by Gasteiger charge is -2.16. The Labute approximate surface area is 130 Å². The molecular formula is C15H20ClN5. The van der Waals surface area contributed by atoms with Gasteiger partial charge in [0.15, 0.2) is 0 Å². The van der Waals surface area contributed by atoms with Gasteiger partial charge in [-0.2, -0.15) is 15.0 Å². The first-order chi connectivity index (χ1) is 10.1. The number of nitrogens with zero attached hydrogens (tertiary/aromatic N) is 3. The number of hydrogen-bond donors (Lipinski definition) is 2. The number of hydrogen-bond acceptors (Lipinski definition) is 5. The van der Waals surface area contributed by atoms with Crippen LogP contribution >= 0.6 is 11.6 Å². The Morgan fingerprint density at radius 3 is 2.57 bits per heavy atom. The molecule has 0 fully saturated rings. The van der Waals surface area contributed by atoms with Crippen molar-refractivity contribution in [1.29, 1.82) is 0 Å². The summed E-state index contributed by atoms with van der Waals surface area (Å²) in [5.74, 6) is 0.973. The number of benzene rings is 1. The van der Waals surface area contributed by atoms with E-state index >= 15 is 0 Å². The van der Waals surface area contributed by atoms with Crippen LogP contribution in [0, 0.1) is 6.92 Å². The maximum Gasteiger partial charge on any atom is 0.229 e. The maximum absolute atomic E-state index is 5.95. The van der Waals surface area contributed by atoms with Crippen molar-refractivity contribution in [1.82, 2.24) is 15.0 Å². The zero-order valence-corrected chi connectivity index (χ0v) is 13.3.